The van der Waals surface area contributed by atoms with Crippen molar-refractivity contribution in [3.63, 3.8) is 0 Å². The smallest absolute Gasteiger partial charge is 0.247 e. The maximum absolute atomic E-state index is 10.9. The molecule has 9 heteroatoms. The van der Waals surface area contributed by atoms with Gasteiger partial charge >= 0.3 is 0 Å². The van der Waals surface area contributed by atoms with Gasteiger partial charge in [0.2, 0.25) is 17.7 Å². The number of benzene rings is 1. The van der Waals surface area contributed by atoms with Gasteiger partial charge in [-0.25, -0.2) is 0 Å². The summed E-state index contributed by atoms with van der Waals surface area (Å²) in [5.74, 6) is 1.37. The van der Waals surface area contributed by atoms with Crippen LogP contribution in [-0.2, 0) is 18.3 Å². The SMILES string of the molecule is Cc1ccc(-c2nnc([C@H](C)Sc3nnc(CCC(N)=O)n3C)o2)cc1. The monoisotopic (exact) mass is 372 g/mol. The van der Waals surface area contributed by atoms with Gasteiger partial charge in [0.1, 0.15) is 5.82 Å². The Kier molecular flexibility index (Phi) is 5.36. The molecule has 1 atom stereocenters. The predicted octanol–water partition coefficient (Wildman–Crippen LogP) is 2.44. The van der Waals surface area contributed by atoms with Gasteiger partial charge in [-0.05, 0) is 26.0 Å². The second-order valence-electron chi connectivity index (χ2n) is 6.00. The number of nitrogens with zero attached hydrogens (tertiary/aromatic N) is 5. The average molecular weight is 372 g/mol. The topological polar surface area (TPSA) is 113 Å². The Hall–Kier alpha value is -2.68. The van der Waals surface area contributed by atoms with Gasteiger partial charge in [-0.3, -0.25) is 4.79 Å². The molecule has 0 saturated heterocycles. The summed E-state index contributed by atoms with van der Waals surface area (Å²) in [6, 6.07) is 7.92. The van der Waals surface area contributed by atoms with E-state index in [1.165, 1.54) is 17.3 Å². The number of carbonyl (C=O) groups excluding carboxylic acids is 1. The predicted molar refractivity (Wildman–Crippen MR) is 97.3 cm³/mol. The molecule has 26 heavy (non-hydrogen) atoms. The Morgan fingerprint density at radius 1 is 1.23 bits per heavy atom. The van der Waals surface area contributed by atoms with Gasteiger partial charge in [0, 0.05) is 25.5 Å². The highest BCUT2D eigenvalue weighted by Crippen LogP contribution is 2.34. The highest BCUT2D eigenvalue weighted by atomic mass is 32.2. The summed E-state index contributed by atoms with van der Waals surface area (Å²) in [5.41, 5.74) is 7.24. The van der Waals surface area contributed by atoms with E-state index in [1.54, 1.807) is 0 Å². The Bertz CT molecular complexity index is 902. The summed E-state index contributed by atoms with van der Waals surface area (Å²) in [7, 11) is 1.86. The van der Waals surface area contributed by atoms with Crippen LogP contribution in [-0.4, -0.2) is 30.9 Å². The first kappa shape index (κ1) is 18.1. The lowest BCUT2D eigenvalue weighted by Crippen LogP contribution is -2.12. The molecule has 3 rings (SSSR count). The molecule has 1 amide bonds. The maximum atomic E-state index is 10.9. The van der Waals surface area contributed by atoms with E-state index in [1.807, 2.05) is 49.7 Å². The standard InChI is InChI=1S/C17H20N6O2S/c1-10-4-6-12(7-5-10)16-21-20-15(25-16)11(2)26-17-22-19-14(23(17)3)9-8-13(18)24/h4-7,11H,8-9H2,1-3H3,(H2,18,24)/t11-/m0/s1. The first-order chi connectivity index (χ1) is 12.4. The number of primary amides is 1. The fraction of sp³-hybridized carbons (Fsp3) is 0.353. The molecule has 8 nitrogen and oxygen atoms in total. The minimum absolute atomic E-state index is 0.0893. The second kappa shape index (κ2) is 7.69. The van der Waals surface area contributed by atoms with E-state index < -0.39 is 0 Å². The number of nitrogens with two attached hydrogens (primary N) is 1. The van der Waals surface area contributed by atoms with Crippen molar-refractivity contribution >= 4 is 17.7 Å². The summed E-state index contributed by atoms with van der Waals surface area (Å²) < 4.78 is 7.66. The third-order valence-corrected chi connectivity index (χ3v) is 5.01. The number of aryl methyl sites for hydroxylation is 2. The molecule has 0 radical (unpaired) electrons. The zero-order valence-corrected chi connectivity index (χ0v) is 15.7. The zero-order valence-electron chi connectivity index (χ0n) is 14.8. The first-order valence-corrected chi connectivity index (χ1v) is 9.05. The van der Waals surface area contributed by atoms with Crippen molar-refractivity contribution in [2.45, 2.75) is 37.1 Å². The minimum Gasteiger partial charge on any atom is -0.419 e. The van der Waals surface area contributed by atoms with Crippen LogP contribution in [0.1, 0.15) is 35.9 Å². The Morgan fingerprint density at radius 3 is 2.65 bits per heavy atom. The second-order valence-corrected chi connectivity index (χ2v) is 7.30. The van der Waals surface area contributed by atoms with Crippen LogP contribution in [0.15, 0.2) is 33.8 Å². The van der Waals surface area contributed by atoms with Crippen molar-refractivity contribution in [3.8, 4) is 11.5 Å². The Morgan fingerprint density at radius 2 is 1.96 bits per heavy atom. The fourth-order valence-electron chi connectivity index (χ4n) is 2.32. The molecular formula is C17H20N6O2S. The van der Waals surface area contributed by atoms with Gasteiger partial charge in [-0.1, -0.05) is 29.5 Å². The van der Waals surface area contributed by atoms with Crippen LogP contribution in [0.5, 0.6) is 0 Å². The highest BCUT2D eigenvalue weighted by Gasteiger charge is 2.20. The van der Waals surface area contributed by atoms with Gasteiger partial charge < -0.3 is 14.7 Å². The van der Waals surface area contributed by atoms with E-state index in [4.69, 9.17) is 10.2 Å². The number of hydrogen-bond donors (Lipinski definition) is 1. The van der Waals surface area contributed by atoms with Crippen LogP contribution >= 0.6 is 11.8 Å². The van der Waals surface area contributed by atoms with E-state index in [0.29, 0.717) is 29.2 Å². The molecule has 3 aromatic rings. The van der Waals surface area contributed by atoms with Gasteiger partial charge in [-0.15, -0.1) is 20.4 Å². The van der Waals surface area contributed by atoms with Crippen LogP contribution in [0.25, 0.3) is 11.5 Å². The molecular weight excluding hydrogens is 352 g/mol. The van der Waals surface area contributed by atoms with E-state index in [0.717, 1.165) is 5.56 Å². The number of hydrogen-bond acceptors (Lipinski definition) is 7. The van der Waals surface area contributed by atoms with Crippen LogP contribution in [0.3, 0.4) is 0 Å². The average Bonchev–Trinajstić information content (AvgIpc) is 3.22. The number of thioether (sulfide) groups is 1. The molecule has 0 fully saturated rings. The third-order valence-electron chi connectivity index (χ3n) is 3.89. The van der Waals surface area contributed by atoms with Crippen LogP contribution < -0.4 is 5.73 Å². The van der Waals surface area contributed by atoms with E-state index in [2.05, 4.69) is 20.4 Å². The largest absolute Gasteiger partial charge is 0.419 e. The number of aromatic nitrogens is 5. The molecule has 2 heterocycles. The van der Waals surface area contributed by atoms with Crippen LogP contribution in [0.2, 0.25) is 0 Å². The third kappa shape index (κ3) is 4.10. The number of amides is 1. The highest BCUT2D eigenvalue weighted by molar-refractivity contribution is 7.99. The van der Waals surface area contributed by atoms with Crippen molar-refractivity contribution in [1.29, 1.82) is 0 Å². The number of carbonyl (C=O) groups is 1. The van der Waals surface area contributed by atoms with E-state index in [9.17, 15) is 4.79 Å². The summed E-state index contributed by atoms with van der Waals surface area (Å²) in [6.07, 6.45) is 0.710. The lowest BCUT2D eigenvalue weighted by Gasteiger charge is -2.06. The quantitative estimate of drug-likeness (QED) is 0.634. The maximum Gasteiger partial charge on any atom is 0.247 e. The molecule has 2 N–H and O–H groups in total. The fourth-order valence-corrected chi connectivity index (χ4v) is 3.18. The summed E-state index contributed by atoms with van der Waals surface area (Å²) in [5, 5.41) is 17.2. The summed E-state index contributed by atoms with van der Waals surface area (Å²) >= 11 is 1.47. The van der Waals surface area contributed by atoms with Gasteiger partial charge in [0.25, 0.3) is 0 Å². The summed E-state index contributed by atoms with van der Waals surface area (Å²) in [4.78, 5) is 10.9. The van der Waals surface area contributed by atoms with Gasteiger partial charge in [-0.2, -0.15) is 0 Å². The normalized spacial score (nSPS) is 12.3. The molecule has 0 aliphatic carbocycles. The van der Waals surface area contributed by atoms with Crippen molar-refractivity contribution in [1.82, 2.24) is 25.0 Å². The molecule has 0 aliphatic rings. The molecule has 0 bridgehead atoms. The lowest BCUT2D eigenvalue weighted by molar-refractivity contribution is -0.118. The molecule has 0 spiro atoms. The first-order valence-electron chi connectivity index (χ1n) is 8.17. The van der Waals surface area contributed by atoms with Crippen LogP contribution in [0.4, 0.5) is 0 Å². The molecule has 0 saturated carbocycles. The Balaban J connectivity index is 1.70. The van der Waals surface area contributed by atoms with Crippen LogP contribution in [0, 0.1) is 6.92 Å². The van der Waals surface area contributed by atoms with Gasteiger partial charge in [0.15, 0.2) is 5.16 Å². The van der Waals surface area contributed by atoms with E-state index in [-0.39, 0.29) is 17.6 Å². The van der Waals surface area contributed by atoms with Crippen molar-refractivity contribution in [2.75, 3.05) is 0 Å². The van der Waals surface area contributed by atoms with Crippen molar-refractivity contribution < 1.29 is 9.21 Å². The minimum atomic E-state index is -0.356. The molecule has 136 valence electrons. The summed E-state index contributed by atoms with van der Waals surface area (Å²) in [6.45, 7) is 4.00. The Labute approximate surface area is 155 Å². The molecule has 1 aromatic carbocycles. The van der Waals surface area contributed by atoms with E-state index >= 15 is 0 Å². The number of rotatable bonds is 7. The van der Waals surface area contributed by atoms with Crippen molar-refractivity contribution in [3.05, 3.63) is 41.5 Å². The molecule has 0 unspecified atom stereocenters. The zero-order chi connectivity index (χ0) is 18.7. The molecule has 2 aromatic heterocycles. The van der Waals surface area contributed by atoms with Gasteiger partial charge in [0.05, 0.1) is 5.25 Å². The van der Waals surface area contributed by atoms with Crippen molar-refractivity contribution in [2.24, 2.45) is 12.8 Å². The molecule has 0 aliphatic heterocycles. The lowest BCUT2D eigenvalue weighted by atomic mass is 10.1.